The molecule has 6 nitrogen and oxygen atoms in total. The van der Waals surface area contributed by atoms with Crippen molar-refractivity contribution in [3.63, 3.8) is 0 Å². The second-order valence-corrected chi connectivity index (χ2v) is 37.9. The molecule has 24 aromatic carbocycles. The Bertz CT molecular complexity index is 8400. The van der Waals surface area contributed by atoms with Crippen LogP contribution in [0.3, 0.4) is 0 Å². The first-order chi connectivity index (χ1) is 74.3. The minimum atomic E-state index is 0.615. The molecule has 0 radical (unpaired) electrons. The van der Waals surface area contributed by atoms with E-state index in [0.717, 1.165) is 83.5 Å². The smallest absolute Gasteiger partial charge is 0.164 e. The summed E-state index contributed by atoms with van der Waals surface area (Å²) < 4.78 is 0. The first-order valence-electron chi connectivity index (χ1n) is 51.0. The van der Waals surface area contributed by atoms with Gasteiger partial charge in [0.15, 0.2) is 34.9 Å². The van der Waals surface area contributed by atoms with Gasteiger partial charge in [0.05, 0.1) is 0 Å². The van der Waals surface area contributed by atoms with Crippen LogP contribution in [0.5, 0.6) is 0 Å². The predicted molar refractivity (Wildman–Crippen MR) is 626 cm³/mol. The summed E-state index contributed by atoms with van der Waals surface area (Å²) in [5.74, 6) is 3.69. The fraction of sp³-hybridized carbons (Fsp3) is 0. The third-order valence-corrected chi connectivity index (χ3v) is 28.7. The van der Waals surface area contributed by atoms with Crippen LogP contribution < -0.4 is 0 Å². The van der Waals surface area contributed by atoms with Gasteiger partial charge in [-0.2, -0.15) is 0 Å². The molecule has 0 bridgehead atoms. The van der Waals surface area contributed by atoms with E-state index in [1.807, 2.05) is 0 Å². The zero-order valence-electron chi connectivity index (χ0n) is 82.1. The zero-order valence-corrected chi connectivity index (χ0v) is 82.1. The summed E-state index contributed by atoms with van der Waals surface area (Å²) in [7, 11) is 0. The molecule has 0 aliphatic heterocycles. The van der Waals surface area contributed by atoms with Crippen LogP contribution >= 0.6 is 0 Å². The Hall–Kier alpha value is -19.9. The number of hydrogen-bond acceptors (Lipinski definition) is 6. The largest absolute Gasteiger partial charge is 0.208 e. The standard InChI is InChI=1S/C75H51N3.C69H45N3/c1-4-10-52(11-5-1)55-16-22-58(23-17-55)61-28-34-64(35-29-61)67-40-46-70(47-41-67)73-76-74(71-48-42-68(43-49-71)65-36-30-62(31-37-65)59-24-18-56(19-25-59)53-12-6-2-7-13-53)78-75(77-73)72-50-44-69(45-51-72)66-38-32-63(33-39-66)60-26-20-57(21-27-60)54-14-8-3-9-15-54;1-4-16-46(17-5-1)55-40-43-58(64-25-13-10-22-61(55)64)49-28-34-52(35-29-49)67-70-68(53-36-30-50(31-37-53)59-44-41-56(47-18-6-2-7-19-47)62-23-11-14-26-65(59)62)72-69(71-67)54-38-32-51(33-39-54)60-45-42-57(48-20-8-3-9-21-48)63-24-12-15-27-66(60)63/h1-51H;1-45H. The third kappa shape index (κ3) is 19.2. The van der Waals surface area contributed by atoms with Gasteiger partial charge < -0.3 is 0 Å². The van der Waals surface area contributed by atoms with Gasteiger partial charge in [-0.05, 0) is 199 Å². The fourth-order valence-electron chi connectivity index (χ4n) is 20.6. The monoisotopic (exact) mass is 1910 g/mol. The van der Waals surface area contributed by atoms with E-state index in [0.29, 0.717) is 34.9 Å². The second kappa shape index (κ2) is 41.4. The van der Waals surface area contributed by atoms with Crippen molar-refractivity contribution < 1.29 is 0 Å². The molecule has 2 aromatic heterocycles. The van der Waals surface area contributed by atoms with Gasteiger partial charge in [0.25, 0.3) is 0 Å². The highest BCUT2D eigenvalue weighted by atomic mass is 15.0. The normalized spacial score (nSPS) is 11.2. The highest BCUT2D eigenvalue weighted by Gasteiger charge is 2.22. The van der Waals surface area contributed by atoms with E-state index in [2.05, 4.69) is 582 Å². The summed E-state index contributed by atoms with van der Waals surface area (Å²) in [5.41, 5.74) is 40.9. The quantitative estimate of drug-likeness (QED) is 0.0713. The number of nitrogens with zero attached hydrogens (tertiary/aromatic N) is 6. The molecule has 0 atom stereocenters. The van der Waals surface area contributed by atoms with Gasteiger partial charge in [0.2, 0.25) is 0 Å². The van der Waals surface area contributed by atoms with E-state index < -0.39 is 0 Å². The molecule has 702 valence electrons. The maximum absolute atomic E-state index is 5.20. The number of benzene rings is 24. The second-order valence-electron chi connectivity index (χ2n) is 37.9. The molecule has 0 spiro atoms. The van der Waals surface area contributed by atoms with E-state index in [-0.39, 0.29) is 0 Å². The number of hydrogen-bond donors (Lipinski definition) is 0. The summed E-state index contributed by atoms with van der Waals surface area (Å²) in [6.07, 6.45) is 0. The summed E-state index contributed by atoms with van der Waals surface area (Å²) in [5, 5.41) is 7.31. The Kier molecular flexibility index (Phi) is 25.2. The number of aromatic nitrogens is 6. The lowest BCUT2D eigenvalue weighted by Gasteiger charge is -2.14. The lowest BCUT2D eigenvalue weighted by Crippen LogP contribution is -2.00. The maximum atomic E-state index is 5.20. The Morgan fingerprint density at radius 3 is 0.280 bits per heavy atom. The predicted octanol–water partition coefficient (Wildman–Crippen LogP) is 38.2. The van der Waals surface area contributed by atoms with E-state index >= 15 is 0 Å². The van der Waals surface area contributed by atoms with Crippen molar-refractivity contribution in [3.8, 4) is 235 Å². The average molecular weight is 1910 g/mol. The van der Waals surface area contributed by atoms with Gasteiger partial charge >= 0.3 is 0 Å². The summed E-state index contributed by atoms with van der Waals surface area (Å²) in [6.45, 7) is 0. The van der Waals surface area contributed by atoms with Crippen LogP contribution in [0.1, 0.15) is 0 Å². The van der Waals surface area contributed by atoms with Crippen LogP contribution in [0, 0.1) is 0 Å². The molecule has 0 unspecified atom stereocenters. The molecule has 0 N–H and O–H groups in total. The summed E-state index contributed by atoms with van der Waals surface area (Å²) >= 11 is 0. The fourth-order valence-corrected chi connectivity index (χ4v) is 20.6. The minimum Gasteiger partial charge on any atom is -0.208 e. The summed E-state index contributed by atoms with van der Waals surface area (Å²) in [6, 6.07) is 207. The third-order valence-electron chi connectivity index (χ3n) is 28.7. The molecule has 0 saturated carbocycles. The first-order valence-corrected chi connectivity index (χ1v) is 51.0. The molecule has 0 saturated heterocycles. The molecule has 0 fully saturated rings. The van der Waals surface area contributed by atoms with E-state index in [1.54, 1.807) is 0 Å². The van der Waals surface area contributed by atoms with E-state index in [4.69, 9.17) is 29.9 Å². The Morgan fingerprint density at radius 2 is 0.153 bits per heavy atom. The van der Waals surface area contributed by atoms with E-state index in [1.165, 1.54) is 149 Å². The van der Waals surface area contributed by atoms with Crippen LogP contribution in [0.15, 0.2) is 582 Å². The van der Waals surface area contributed by atoms with Gasteiger partial charge in [-0.1, -0.05) is 582 Å². The van der Waals surface area contributed by atoms with Crippen LogP contribution in [0.2, 0.25) is 0 Å². The van der Waals surface area contributed by atoms with Crippen molar-refractivity contribution in [1.29, 1.82) is 0 Å². The Balaban J connectivity index is 0.000000156. The molecular formula is C144H96N6. The van der Waals surface area contributed by atoms with Crippen molar-refractivity contribution >= 4 is 32.3 Å². The van der Waals surface area contributed by atoms with Crippen molar-refractivity contribution in [3.05, 3.63) is 582 Å². The van der Waals surface area contributed by atoms with E-state index in [9.17, 15) is 0 Å². The molecule has 2 heterocycles. The lowest BCUT2D eigenvalue weighted by atomic mass is 9.92. The first kappa shape index (κ1) is 91.3. The topological polar surface area (TPSA) is 77.3 Å². The van der Waals surface area contributed by atoms with Crippen molar-refractivity contribution in [1.82, 2.24) is 29.9 Å². The SMILES string of the molecule is c1ccc(-c2ccc(-c3ccc(-c4ccc(-c5nc(-c6ccc(-c7ccc(-c8ccc(-c9ccccc9)cc8)cc7)cc6)nc(-c6ccc(-c7ccc(-c8ccc(-c9ccccc9)cc8)cc7)cc6)n5)cc4)cc3)cc2)cc1.c1ccc(-c2ccc(-c3ccc(-c4nc(-c5ccc(-c6ccc(-c7ccccc7)c7ccccc67)cc5)nc(-c5ccc(-c6ccc(-c7ccccc7)c7ccccc67)cc5)n4)cc3)c3ccccc23)cc1. The van der Waals surface area contributed by atoms with Gasteiger partial charge in [0.1, 0.15) is 0 Å². The zero-order chi connectivity index (χ0) is 99.8. The average Bonchev–Trinajstić information content (AvgIpc) is 0.768. The molecule has 0 aliphatic rings. The highest BCUT2D eigenvalue weighted by molar-refractivity contribution is 6.08. The van der Waals surface area contributed by atoms with Crippen LogP contribution in [-0.2, 0) is 0 Å². The minimum absolute atomic E-state index is 0.615. The summed E-state index contributed by atoms with van der Waals surface area (Å²) in [4.78, 5) is 31.0. The van der Waals surface area contributed by atoms with Gasteiger partial charge in [0, 0.05) is 33.4 Å². The van der Waals surface area contributed by atoms with Crippen LogP contribution in [-0.4, -0.2) is 29.9 Å². The van der Waals surface area contributed by atoms with Crippen molar-refractivity contribution in [2.75, 3.05) is 0 Å². The molecule has 26 aromatic rings. The molecule has 150 heavy (non-hydrogen) atoms. The Labute approximate surface area is 873 Å². The Morgan fingerprint density at radius 1 is 0.0667 bits per heavy atom. The molecular weight excluding hydrogens is 1810 g/mol. The molecule has 0 amide bonds. The number of rotatable bonds is 21. The van der Waals surface area contributed by atoms with Crippen molar-refractivity contribution in [2.45, 2.75) is 0 Å². The number of fused-ring (bicyclic) bond motifs is 3. The lowest BCUT2D eigenvalue weighted by molar-refractivity contribution is 1.07. The van der Waals surface area contributed by atoms with Crippen molar-refractivity contribution in [2.24, 2.45) is 0 Å². The maximum Gasteiger partial charge on any atom is 0.164 e. The van der Waals surface area contributed by atoms with Gasteiger partial charge in [-0.3, -0.25) is 0 Å². The van der Waals surface area contributed by atoms with Gasteiger partial charge in [-0.15, -0.1) is 0 Å². The molecule has 6 heteroatoms. The molecule has 26 rings (SSSR count). The van der Waals surface area contributed by atoms with Gasteiger partial charge in [-0.25, -0.2) is 29.9 Å². The molecule has 0 aliphatic carbocycles. The highest BCUT2D eigenvalue weighted by Crippen LogP contribution is 2.44. The van der Waals surface area contributed by atoms with Crippen LogP contribution in [0.4, 0.5) is 0 Å². The van der Waals surface area contributed by atoms with Crippen LogP contribution in [0.25, 0.3) is 268 Å².